The highest BCUT2D eigenvalue weighted by Gasteiger charge is 2.35. The first kappa shape index (κ1) is 20.3. The van der Waals surface area contributed by atoms with E-state index in [1.165, 1.54) is 7.11 Å². The van der Waals surface area contributed by atoms with E-state index in [4.69, 9.17) is 4.74 Å². The van der Waals surface area contributed by atoms with Gasteiger partial charge in [0.1, 0.15) is 10.6 Å². The summed E-state index contributed by atoms with van der Waals surface area (Å²) in [5.41, 5.74) is 1.08. The summed E-state index contributed by atoms with van der Waals surface area (Å²) in [4.78, 5) is 14.2. The van der Waals surface area contributed by atoms with Crippen molar-refractivity contribution < 1.29 is 17.9 Å². The standard InChI is InChI=1S/C19H26N4O4S/c1-13(2)10-22-12-18(14(3)20-22)28(25,26)21-15-9-19(24)23(11-15)16-7-5-6-8-17(16)27-4/h5-8,12-13,15,21H,9-11H2,1-4H3/t15-/m1/s1. The molecule has 1 fully saturated rings. The molecule has 1 N–H and O–H groups in total. The Morgan fingerprint density at radius 1 is 1.32 bits per heavy atom. The summed E-state index contributed by atoms with van der Waals surface area (Å²) in [5, 5.41) is 4.30. The molecule has 28 heavy (non-hydrogen) atoms. The fourth-order valence-corrected chi connectivity index (χ4v) is 4.80. The minimum Gasteiger partial charge on any atom is -0.495 e. The Kier molecular flexibility index (Phi) is 5.76. The van der Waals surface area contributed by atoms with E-state index in [0.29, 0.717) is 29.6 Å². The number of para-hydroxylation sites is 2. The van der Waals surface area contributed by atoms with Gasteiger partial charge in [0.05, 0.1) is 18.5 Å². The summed E-state index contributed by atoms with van der Waals surface area (Å²) in [6.07, 6.45) is 1.64. The number of carbonyl (C=O) groups is 1. The Balaban J connectivity index is 1.77. The van der Waals surface area contributed by atoms with Crippen LogP contribution in [0.1, 0.15) is 26.0 Å². The third-order valence-corrected chi connectivity index (χ3v) is 6.19. The average Bonchev–Trinajstić information content (AvgIpc) is 3.16. The van der Waals surface area contributed by atoms with Gasteiger partial charge >= 0.3 is 0 Å². The van der Waals surface area contributed by atoms with Crippen LogP contribution in [-0.2, 0) is 21.4 Å². The van der Waals surface area contributed by atoms with Gasteiger partial charge in [0.25, 0.3) is 0 Å². The summed E-state index contributed by atoms with van der Waals surface area (Å²) < 4.78 is 35.4. The fraction of sp³-hybridized carbons (Fsp3) is 0.474. The van der Waals surface area contributed by atoms with E-state index in [1.54, 1.807) is 34.8 Å². The van der Waals surface area contributed by atoms with Crippen molar-refractivity contribution in [3.63, 3.8) is 0 Å². The molecule has 1 amide bonds. The van der Waals surface area contributed by atoms with Crippen molar-refractivity contribution in [1.82, 2.24) is 14.5 Å². The van der Waals surface area contributed by atoms with Crippen LogP contribution in [0.25, 0.3) is 0 Å². The second kappa shape index (κ2) is 7.92. The molecule has 0 saturated carbocycles. The molecule has 2 heterocycles. The largest absolute Gasteiger partial charge is 0.495 e. The summed E-state index contributed by atoms with van der Waals surface area (Å²) in [6.45, 7) is 6.64. The van der Waals surface area contributed by atoms with Gasteiger partial charge < -0.3 is 9.64 Å². The molecule has 1 atom stereocenters. The number of amides is 1. The molecule has 0 spiro atoms. The predicted molar refractivity (Wildman–Crippen MR) is 106 cm³/mol. The van der Waals surface area contributed by atoms with Crippen LogP contribution in [0.2, 0.25) is 0 Å². The lowest BCUT2D eigenvalue weighted by molar-refractivity contribution is -0.117. The number of sulfonamides is 1. The monoisotopic (exact) mass is 406 g/mol. The van der Waals surface area contributed by atoms with Gasteiger partial charge in [-0.1, -0.05) is 26.0 Å². The van der Waals surface area contributed by atoms with Gasteiger partial charge in [-0.25, -0.2) is 13.1 Å². The Hall–Kier alpha value is -2.39. The topological polar surface area (TPSA) is 93.5 Å². The molecule has 0 aliphatic carbocycles. The van der Waals surface area contributed by atoms with Gasteiger partial charge in [-0.2, -0.15) is 5.10 Å². The second-order valence-corrected chi connectivity index (χ2v) is 9.08. The first-order valence-electron chi connectivity index (χ1n) is 9.21. The lowest BCUT2D eigenvalue weighted by Gasteiger charge is -2.19. The number of methoxy groups -OCH3 is 1. The highest BCUT2D eigenvalue weighted by atomic mass is 32.2. The molecule has 9 heteroatoms. The number of hydrogen-bond acceptors (Lipinski definition) is 5. The molecule has 1 aromatic heterocycles. The van der Waals surface area contributed by atoms with Crippen LogP contribution in [0.3, 0.4) is 0 Å². The third kappa shape index (κ3) is 4.20. The number of aromatic nitrogens is 2. The van der Waals surface area contributed by atoms with Crippen molar-refractivity contribution in [2.24, 2.45) is 5.92 Å². The molecule has 1 saturated heterocycles. The number of carbonyl (C=O) groups excluding carboxylic acids is 1. The minimum atomic E-state index is -3.78. The van der Waals surface area contributed by atoms with Crippen LogP contribution in [0.5, 0.6) is 5.75 Å². The highest BCUT2D eigenvalue weighted by Crippen LogP contribution is 2.31. The molecule has 1 aliphatic rings. The lowest BCUT2D eigenvalue weighted by Crippen LogP contribution is -2.37. The number of hydrogen-bond donors (Lipinski definition) is 1. The van der Waals surface area contributed by atoms with Gasteiger partial charge in [0, 0.05) is 31.7 Å². The van der Waals surface area contributed by atoms with Crippen LogP contribution in [0, 0.1) is 12.8 Å². The number of aryl methyl sites for hydroxylation is 1. The number of rotatable bonds is 7. The van der Waals surface area contributed by atoms with E-state index >= 15 is 0 Å². The van der Waals surface area contributed by atoms with E-state index in [1.807, 2.05) is 26.0 Å². The normalized spacial score (nSPS) is 17.5. The molecule has 0 radical (unpaired) electrons. The van der Waals surface area contributed by atoms with Crippen molar-refractivity contribution in [2.45, 2.75) is 44.7 Å². The molecule has 8 nitrogen and oxygen atoms in total. The maximum atomic E-state index is 12.9. The molecular formula is C19H26N4O4S. The molecule has 152 valence electrons. The van der Waals surface area contributed by atoms with E-state index in [-0.39, 0.29) is 23.8 Å². The summed E-state index contributed by atoms with van der Waals surface area (Å²) in [7, 11) is -2.24. The van der Waals surface area contributed by atoms with Crippen molar-refractivity contribution in [3.8, 4) is 5.75 Å². The van der Waals surface area contributed by atoms with Crippen molar-refractivity contribution in [2.75, 3.05) is 18.6 Å². The first-order valence-corrected chi connectivity index (χ1v) is 10.7. The van der Waals surface area contributed by atoms with E-state index in [2.05, 4.69) is 9.82 Å². The number of anilines is 1. The van der Waals surface area contributed by atoms with Gasteiger partial charge in [-0.05, 0) is 25.0 Å². The minimum absolute atomic E-state index is 0.0937. The van der Waals surface area contributed by atoms with Crippen LogP contribution in [0.4, 0.5) is 5.69 Å². The zero-order valence-corrected chi connectivity index (χ0v) is 17.4. The zero-order valence-electron chi connectivity index (χ0n) is 16.5. The van der Waals surface area contributed by atoms with Crippen LogP contribution < -0.4 is 14.4 Å². The average molecular weight is 407 g/mol. The molecule has 1 aliphatic heterocycles. The lowest BCUT2D eigenvalue weighted by atomic mass is 10.2. The van der Waals surface area contributed by atoms with Gasteiger partial charge in [-0.3, -0.25) is 9.48 Å². The summed E-state index contributed by atoms with van der Waals surface area (Å²) in [6, 6.07) is 6.67. The Bertz CT molecular complexity index is 968. The van der Waals surface area contributed by atoms with Crippen LogP contribution in [0.15, 0.2) is 35.4 Å². The fourth-order valence-electron chi connectivity index (χ4n) is 3.39. The third-order valence-electron chi connectivity index (χ3n) is 4.57. The SMILES string of the molecule is COc1ccccc1N1C[C@H](NS(=O)(=O)c2cn(CC(C)C)nc2C)CC1=O. The molecule has 3 rings (SSSR count). The van der Waals surface area contributed by atoms with E-state index in [0.717, 1.165) is 0 Å². The van der Waals surface area contributed by atoms with Crippen LogP contribution in [-0.4, -0.2) is 43.8 Å². The van der Waals surface area contributed by atoms with Crippen molar-refractivity contribution >= 4 is 21.6 Å². The Morgan fingerprint density at radius 3 is 2.71 bits per heavy atom. The van der Waals surface area contributed by atoms with E-state index < -0.39 is 16.1 Å². The molecule has 0 unspecified atom stereocenters. The smallest absolute Gasteiger partial charge is 0.244 e. The van der Waals surface area contributed by atoms with Crippen molar-refractivity contribution in [1.29, 1.82) is 0 Å². The zero-order chi connectivity index (χ0) is 20.5. The van der Waals surface area contributed by atoms with Gasteiger partial charge in [0.2, 0.25) is 15.9 Å². The number of benzene rings is 1. The summed E-state index contributed by atoms with van der Waals surface area (Å²) >= 11 is 0. The predicted octanol–water partition coefficient (Wildman–Crippen LogP) is 1.94. The molecular weight excluding hydrogens is 380 g/mol. The molecule has 1 aromatic carbocycles. The maximum absolute atomic E-state index is 12.9. The summed E-state index contributed by atoms with van der Waals surface area (Å²) in [5.74, 6) is 0.777. The number of nitrogens with one attached hydrogen (secondary N) is 1. The quantitative estimate of drug-likeness (QED) is 0.758. The number of ether oxygens (including phenoxy) is 1. The van der Waals surface area contributed by atoms with Crippen LogP contribution >= 0.6 is 0 Å². The number of nitrogens with zero attached hydrogens (tertiary/aromatic N) is 3. The first-order chi connectivity index (χ1) is 13.2. The Labute approximate surface area is 165 Å². The molecule has 0 bridgehead atoms. The van der Waals surface area contributed by atoms with Gasteiger partial charge in [0.15, 0.2) is 0 Å². The van der Waals surface area contributed by atoms with Gasteiger partial charge in [-0.15, -0.1) is 0 Å². The van der Waals surface area contributed by atoms with Crippen molar-refractivity contribution in [3.05, 3.63) is 36.2 Å². The molecule has 2 aromatic rings. The second-order valence-electron chi connectivity index (χ2n) is 7.39. The Morgan fingerprint density at radius 2 is 2.04 bits per heavy atom. The van der Waals surface area contributed by atoms with E-state index in [9.17, 15) is 13.2 Å². The maximum Gasteiger partial charge on any atom is 0.244 e. The highest BCUT2D eigenvalue weighted by molar-refractivity contribution is 7.89.